The van der Waals surface area contributed by atoms with Gasteiger partial charge in [-0.1, -0.05) is 50.6 Å². The van der Waals surface area contributed by atoms with Crippen molar-refractivity contribution in [3.05, 3.63) is 65.2 Å². The molecule has 0 unspecified atom stereocenters. The molecule has 5 rings (SSSR count). The molecule has 0 saturated carbocycles. The Hall–Kier alpha value is -3.74. The van der Waals surface area contributed by atoms with Gasteiger partial charge in [0.2, 0.25) is 11.8 Å². The first-order valence-corrected chi connectivity index (χ1v) is 12.1. The topological polar surface area (TPSA) is 84.0 Å². The number of carbonyl (C=O) groups excluding carboxylic acids is 4. The number of aryl methyl sites for hydroxylation is 1. The maximum atomic E-state index is 14.0. The number of imide groups is 1. The number of amides is 2. The molecule has 0 N–H and O–H groups in total. The van der Waals surface area contributed by atoms with E-state index in [0.717, 1.165) is 27.3 Å². The van der Waals surface area contributed by atoms with Gasteiger partial charge in [0.05, 0.1) is 36.2 Å². The molecule has 0 bridgehead atoms. The number of esters is 1. The van der Waals surface area contributed by atoms with Crippen molar-refractivity contribution in [3.63, 3.8) is 0 Å². The van der Waals surface area contributed by atoms with Crippen molar-refractivity contribution in [1.29, 1.82) is 0 Å². The van der Waals surface area contributed by atoms with Gasteiger partial charge in [0.15, 0.2) is 5.78 Å². The highest BCUT2D eigenvalue weighted by atomic mass is 16.5. The van der Waals surface area contributed by atoms with E-state index < -0.39 is 47.1 Å². The van der Waals surface area contributed by atoms with Crippen molar-refractivity contribution in [2.45, 2.75) is 46.7 Å². The molecule has 2 amide bonds. The number of para-hydroxylation sites is 1. The predicted molar refractivity (Wildman–Crippen MR) is 137 cm³/mol. The van der Waals surface area contributed by atoms with Crippen LogP contribution in [0, 0.1) is 24.2 Å². The first-order valence-electron chi connectivity index (χ1n) is 12.1. The van der Waals surface area contributed by atoms with Crippen LogP contribution in [0.5, 0.6) is 0 Å². The summed E-state index contributed by atoms with van der Waals surface area (Å²) in [5, 5.41) is 0. The molecule has 2 aromatic rings. The minimum Gasteiger partial charge on any atom is -0.465 e. The van der Waals surface area contributed by atoms with Gasteiger partial charge in [-0.15, -0.1) is 0 Å². The highest BCUT2D eigenvalue weighted by Gasteiger charge is 2.65. The van der Waals surface area contributed by atoms with Gasteiger partial charge in [-0.25, -0.2) is 9.69 Å². The third kappa shape index (κ3) is 3.33. The number of hydrogen-bond acceptors (Lipinski definition) is 6. The van der Waals surface area contributed by atoms with E-state index in [1.165, 1.54) is 13.2 Å². The standard InChI is InChI=1S/C29H30N2O5/c1-15-11-12-20-18(13-15)16(2)14-21-22-23(24(30(20)21)25(32)29(3,4)5)27(34)31(26(22)33)19-10-8-7-9-17(19)28(35)36-6/h7-14,21-24H,1-6H3/t21-,22-,23-,24-/m0/s1. The van der Waals surface area contributed by atoms with Crippen molar-refractivity contribution >= 4 is 40.5 Å². The second-order valence-electron chi connectivity index (χ2n) is 10.9. The highest BCUT2D eigenvalue weighted by Crippen LogP contribution is 2.52. The first kappa shape index (κ1) is 24.0. The summed E-state index contributed by atoms with van der Waals surface area (Å²) in [4.78, 5) is 57.5. The molecule has 2 fully saturated rings. The Morgan fingerprint density at radius 2 is 1.58 bits per heavy atom. The molecule has 0 spiro atoms. The summed E-state index contributed by atoms with van der Waals surface area (Å²) in [6, 6.07) is 11.2. The summed E-state index contributed by atoms with van der Waals surface area (Å²) < 4.78 is 4.89. The summed E-state index contributed by atoms with van der Waals surface area (Å²) in [6.45, 7) is 9.52. The summed E-state index contributed by atoms with van der Waals surface area (Å²) in [7, 11) is 1.26. The lowest BCUT2D eigenvalue weighted by atomic mass is 9.79. The van der Waals surface area contributed by atoms with Crippen LogP contribution in [0.15, 0.2) is 48.5 Å². The Morgan fingerprint density at radius 3 is 2.25 bits per heavy atom. The second kappa shape index (κ2) is 8.15. The molecular formula is C29H30N2O5. The van der Waals surface area contributed by atoms with Crippen molar-refractivity contribution in [2.75, 3.05) is 16.9 Å². The number of nitrogens with zero attached hydrogens (tertiary/aromatic N) is 2. The van der Waals surface area contributed by atoms with Gasteiger partial charge in [-0.2, -0.15) is 0 Å². The van der Waals surface area contributed by atoms with Crippen LogP contribution >= 0.6 is 0 Å². The maximum Gasteiger partial charge on any atom is 0.339 e. The Balaban J connectivity index is 1.69. The van der Waals surface area contributed by atoms with Gasteiger partial charge in [-0.3, -0.25) is 14.4 Å². The fourth-order valence-corrected chi connectivity index (χ4v) is 5.89. The number of rotatable bonds is 3. The maximum absolute atomic E-state index is 14.0. The van der Waals surface area contributed by atoms with Crippen molar-refractivity contribution in [1.82, 2.24) is 0 Å². The number of ether oxygens (including phenoxy) is 1. The Morgan fingerprint density at radius 1 is 0.917 bits per heavy atom. The average Bonchev–Trinajstić information content (AvgIpc) is 3.30. The molecule has 4 atom stereocenters. The Labute approximate surface area is 210 Å². The monoisotopic (exact) mass is 486 g/mol. The zero-order chi connectivity index (χ0) is 26.1. The molecule has 186 valence electrons. The van der Waals surface area contributed by atoms with Gasteiger partial charge in [0.1, 0.15) is 6.04 Å². The van der Waals surface area contributed by atoms with E-state index >= 15 is 0 Å². The van der Waals surface area contributed by atoms with Gasteiger partial charge < -0.3 is 9.64 Å². The molecule has 36 heavy (non-hydrogen) atoms. The van der Waals surface area contributed by atoms with Crippen molar-refractivity contribution in [2.24, 2.45) is 17.3 Å². The van der Waals surface area contributed by atoms with E-state index in [9.17, 15) is 19.2 Å². The normalized spacial score (nSPS) is 24.8. The molecule has 0 aromatic heterocycles. The van der Waals surface area contributed by atoms with Gasteiger partial charge in [-0.05, 0) is 43.7 Å². The number of Topliss-reactive ketones (excluding diaryl/α,β-unsaturated/α-hetero) is 1. The average molecular weight is 487 g/mol. The van der Waals surface area contributed by atoms with Crippen LogP contribution in [0.2, 0.25) is 0 Å². The number of anilines is 2. The minimum absolute atomic E-state index is 0.0938. The van der Waals surface area contributed by atoms with Crippen LogP contribution in [0.3, 0.4) is 0 Å². The number of methoxy groups -OCH3 is 1. The van der Waals surface area contributed by atoms with Crippen molar-refractivity contribution in [3.8, 4) is 0 Å². The van der Waals surface area contributed by atoms with Gasteiger partial charge in [0, 0.05) is 16.7 Å². The number of benzene rings is 2. The van der Waals surface area contributed by atoms with E-state index in [-0.39, 0.29) is 17.0 Å². The quantitative estimate of drug-likeness (QED) is 0.478. The molecule has 7 heteroatoms. The van der Waals surface area contributed by atoms with Gasteiger partial charge >= 0.3 is 5.97 Å². The van der Waals surface area contributed by atoms with Crippen LogP contribution in [-0.4, -0.2) is 42.8 Å². The van der Waals surface area contributed by atoms with E-state index in [1.54, 1.807) is 18.2 Å². The first-order chi connectivity index (χ1) is 17.0. The SMILES string of the molecule is COC(=O)c1ccccc1N1C(=O)[C@@H]2[C@H](C1=O)[C@@H](C(=O)C(C)(C)C)N1c3ccc(C)cc3C(C)=C[C@@H]21. The summed E-state index contributed by atoms with van der Waals surface area (Å²) in [6.07, 6.45) is 2.01. The third-order valence-electron chi connectivity index (χ3n) is 7.56. The number of carbonyl (C=O) groups is 4. The van der Waals surface area contributed by atoms with Crippen LogP contribution in [0.1, 0.15) is 49.2 Å². The minimum atomic E-state index is -0.865. The number of ketones is 1. The predicted octanol–water partition coefficient (Wildman–Crippen LogP) is 4.18. The molecule has 0 aliphatic carbocycles. The highest BCUT2D eigenvalue weighted by molar-refractivity contribution is 6.26. The van der Waals surface area contributed by atoms with Crippen molar-refractivity contribution < 1.29 is 23.9 Å². The van der Waals surface area contributed by atoms with E-state index in [0.29, 0.717) is 0 Å². The fraction of sp³-hybridized carbons (Fsp3) is 0.379. The number of hydrogen-bond donors (Lipinski definition) is 0. The Kier molecular flexibility index (Phi) is 5.43. The summed E-state index contributed by atoms with van der Waals surface area (Å²) in [5.74, 6) is -3.20. The van der Waals surface area contributed by atoms with Crippen LogP contribution < -0.4 is 9.80 Å². The second-order valence-corrected chi connectivity index (χ2v) is 10.9. The lowest BCUT2D eigenvalue weighted by Gasteiger charge is -2.39. The van der Waals surface area contributed by atoms with Crippen LogP contribution in [0.4, 0.5) is 11.4 Å². The Bertz CT molecular complexity index is 1350. The third-order valence-corrected chi connectivity index (χ3v) is 7.56. The zero-order valence-electron chi connectivity index (χ0n) is 21.4. The van der Waals surface area contributed by atoms with Gasteiger partial charge in [0.25, 0.3) is 0 Å². The molecule has 2 saturated heterocycles. The number of fused-ring (bicyclic) bond motifs is 5. The zero-order valence-corrected chi connectivity index (χ0v) is 21.4. The van der Waals surface area contributed by atoms with E-state index in [2.05, 4.69) is 6.07 Å². The number of allylic oxidation sites excluding steroid dienone is 1. The molecule has 2 aromatic carbocycles. The fourth-order valence-electron chi connectivity index (χ4n) is 5.89. The van der Waals surface area contributed by atoms with E-state index in [1.807, 2.05) is 57.7 Å². The van der Waals surface area contributed by atoms with E-state index in [4.69, 9.17) is 4.74 Å². The smallest absolute Gasteiger partial charge is 0.339 e. The lowest BCUT2D eigenvalue weighted by molar-refractivity contribution is -0.132. The van der Waals surface area contributed by atoms with Crippen LogP contribution in [-0.2, 0) is 19.1 Å². The summed E-state index contributed by atoms with van der Waals surface area (Å²) >= 11 is 0. The molecule has 0 radical (unpaired) electrons. The molecular weight excluding hydrogens is 456 g/mol. The van der Waals surface area contributed by atoms with Crippen LogP contribution in [0.25, 0.3) is 5.57 Å². The molecule has 7 nitrogen and oxygen atoms in total. The molecule has 3 aliphatic heterocycles. The molecule has 3 aliphatic rings. The largest absolute Gasteiger partial charge is 0.465 e. The lowest BCUT2D eigenvalue weighted by Crippen LogP contribution is -2.51. The summed E-state index contributed by atoms with van der Waals surface area (Å²) in [5.41, 5.74) is 3.56. The molecule has 3 heterocycles.